The molecule has 2 fully saturated rings. The molecule has 1 aliphatic carbocycles. The third-order valence-electron chi connectivity index (χ3n) is 8.57. The Morgan fingerprint density at radius 1 is 1.08 bits per heavy atom. The molecule has 1 N–H and O–H groups in total. The van der Waals surface area contributed by atoms with Crippen LogP contribution >= 0.6 is 0 Å². The van der Waals surface area contributed by atoms with Crippen molar-refractivity contribution in [1.29, 1.82) is 5.26 Å². The second-order valence-corrected chi connectivity index (χ2v) is 12.2. The molecule has 0 radical (unpaired) electrons. The summed E-state index contributed by atoms with van der Waals surface area (Å²) in [5.41, 5.74) is 2.17. The molecule has 4 aromatic rings. The van der Waals surface area contributed by atoms with Crippen LogP contribution in [0, 0.1) is 11.3 Å². The topological polar surface area (TPSA) is 163 Å². The van der Waals surface area contributed by atoms with Gasteiger partial charge in [0.1, 0.15) is 36.5 Å². The molecule has 3 aromatic heterocycles. The standard InChI is InChI=1S/C32H39F2N11O4/c1-22(17-44-21-38-41-42-44)49-29-13-23(3-4-24(29)14-35)25-15-36-31(37-16-25)39-28-18-45(40-30(28)48-20-32(33,34)19-46-2)27-7-5-26(6-8-27)43-9-11-47-12-10-43/h3-4,13,15-16,18,21-22,26-27H,5-12,17,19-20H2,1-2H3,(H,36,37,39). The molecule has 6 rings (SSSR count). The summed E-state index contributed by atoms with van der Waals surface area (Å²) in [5.74, 6) is -2.53. The third-order valence-corrected chi connectivity index (χ3v) is 8.57. The molecule has 1 unspecified atom stereocenters. The molecular weight excluding hydrogens is 640 g/mol. The fourth-order valence-electron chi connectivity index (χ4n) is 6.15. The Labute approximate surface area is 282 Å². The fourth-order valence-corrected chi connectivity index (χ4v) is 6.15. The zero-order valence-electron chi connectivity index (χ0n) is 27.4. The quantitative estimate of drug-likeness (QED) is 0.204. The number of hydrogen-bond donors (Lipinski definition) is 1. The van der Waals surface area contributed by atoms with Crippen molar-refractivity contribution < 1.29 is 27.7 Å². The second kappa shape index (κ2) is 15.6. The van der Waals surface area contributed by atoms with E-state index in [2.05, 4.69) is 51.6 Å². The molecule has 17 heteroatoms. The summed E-state index contributed by atoms with van der Waals surface area (Å²) in [6, 6.07) is 7.97. The molecule has 2 aliphatic rings. The van der Waals surface area contributed by atoms with Crippen LogP contribution in [0.5, 0.6) is 11.6 Å². The van der Waals surface area contributed by atoms with E-state index in [0.29, 0.717) is 35.2 Å². The number of alkyl halides is 2. The highest BCUT2D eigenvalue weighted by molar-refractivity contribution is 5.67. The summed E-state index contributed by atoms with van der Waals surface area (Å²) in [5, 5.41) is 28.4. The van der Waals surface area contributed by atoms with Gasteiger partial charge in [0.2, 0.25) is 5.95 Å². The number of nitriles is 1. The summed E-state index contributed by atoms with van der Waals surface area (Å²) in [7, 11) is 1.22. The van der Waals surface area contributed by atoms with Crippen LogP contribution in [-0.2, 0) is 16.0 Å². The van der Waals surface area contributed by atoms with Crippen molar-refractivity contribution in [2.45, 2.75) is 63.3 Å². The number of benzene rings is 1. The molecule has 49 heavy (non-hydrogen) atoms. The van der Waals surface area contributed by atoms with Crippen LogP contribution in [0.15, 0.2) is 43.1 Å². The van der Waals surface area contributed by atoms with Crippen molar-refractivity contribution >= 4 is 11.6 Å². The molecular formula is C32H39F2N11O4. The van der Waals surface area contributed by atoms with Gasteiger partial charge in [-0.3, -0.25) is 9.58 Å². The molecule has 15 nitrogen and oxygen atoms in total. The van der Waals surface area contributed by atoms with E-state index in [1.807, 2.05) is 6.92 Å². The van der Waals surface area contributed by atoms with Crippen LogP contribution in [0.1, 0.15) is 44.2 Å². The molecule has 260 valence electrons. The van der Waals surface area contributed by atoms with E-state index in [1.165, 1.54) is 13.4 Å². The predicted octanol–water partition coefficient (Wildman–Crippen LogP) is 3.89. The largest absolute Gasteiger partial charge is 0.487 e. The lowest BCUT2D eigenvalue weighted by molar-refractivity contribution is -0.0917. The SMILES string of the molecule is COCC(F)(F)COc1nn(C2CCC(N3CCOCC3)CC2)cc1Nc1ncc(-c2ccc(C#N)c(OC(C)Cn3cnnn3)c2)cn1. The van der Waals surface area contributed by atoms with Gasteiger partial charge in [0.05, 0.1) is 37.6 Å². The lowest BCUT2D eigenvalue weighted by atomic mass is 9.90. The first-order chi connectivity index (χ1) is 23.8. The first kappa shape index (κ1) is 34.1. The van der Waals surface area contributed by atoms with Gasteiger partial charge in [-0.05, 0) is 60.7 Å². The van der Waals surface area contributed by atoms with Crippen LogP contribution in [-0.4, -0.2) is 110 Å². The Hall–Kier alpha value is -4.79. The minimum absolute atomic E-state index is 0.0310. The summed E-state index contributed by atoms with van der Waals surface area (Å²) in [4.78, 5) is 11.4. The number of aromatic nitrogens is 8. The summed E-state index contributed by atoms with van der Waals surface area (Å²) in [6.07, 6.45) is 10.0. The Morgan fingerprint density at radius 3 is 2.53 bits per heavy atom. The lowest BCUT2D eigenvalue weighted by Crippen LogP contribution is -2.45. The van der Waals surface area contributed by atoms with Gasteiger partial charge in [0.25, 0.3) is 5.88 Å². The maximum atomic E-state index is 14.3. The number of nitrogens with zero attached hydrogens (tertiary/aromatic N) is 10. The number of morpholine rings is 1. The number of methoxy groups -OCH3 is 1. The summed E-state index contributed by atoms with van der Waals surface area (Å²) < 4.78 is 53.7. The van der Waals surface area contributed by atoms with Gasteiger partial charge in [-0.15, -0.1) is 10.2 Å². The number of halogens is 2. The van der Waals surface area contributed by atoms with Crippen LogP contribution in [0.25, 0.3) is 11.1 Å². The Morgan fingerprint density at radius 2 is 1.84 bits per heavy atom. The molecule has 1 saturated carbocycles. The van der Waals surface area contributed by atoms with E-state index in [-0.39, 0.29) is 24.0 Å². The average Bonchev–Trinajstić information content (AvgIpc) is 3.78. The van der Waals surface area contributed by atoms with E-state index in [1.54, 1.807) is 46.2 Å². The molecule has 1 aromatic carbocycles. The number of anilines is 2. The smallest absolute Gasteiger partial charge is 0.304 e. The highest BCUT2D eigenvalue weighted by atomic mass is 19.3. The van der Waals surface area contributed by atoms with E-state index < -0.39 is 19.1 Å². The first-order valence-electron chi connectivity index (χ1n) is 16.2. The molecule has 0 amide bonds. The van der Waals surface area contributed by atoms with Crippen molar-refractivity contribution in [3.63, 3.8) is 0 Å². The van der Waals surface area contributed by atoms with Gasteiger partial charge in [0.15, 0.2) is 6.61 Å². The van der Waals surface area contributed by atoms with Crippen molar-refractivity contribution in [3.05, 3.63) is 48.7 Å². The highest BCUT2D eigenvalue weighted by Gasteiger charge is 2.32. The fraction of sp³-hybridized carbons (Fsp3) is 0.531. The van der Waals surface area contributed by atoms with E-state index in [0.717, 1.165) is 57.6 Å². The Bertz CT molecular complexity index is 1680. The van der Waals surface area contributed by atoms with Crippen molar-refractivity contribution in [2.24, 2.45) is 0 Å². The van der Waals surface area contributed by atoms with Gasteiger partial charge in [0, 0.05) is 44.2 Å². The van der Waals surface area contributed by atoms with Gasteiger partial charge < -0.3 is 24.3 Å². The molecule has 1 aliphatic heterocycles. The second-order valence-electron chi connectivity index (χ2n) is 12.2. The third kappa shape index (κ3) is 8.82. The Balaban J connectivity index is 1.16. The lowest BCUT2D eigenvalue weighted by Gasteiger charge is -2.38. The Kier molecular flexibility index (Phi) is 10.9. The summed E-state index contributed by atoms with van der Waals surface area (Å²) >= 11 is 0. The normalized spacial score (nSPS) is 19.2. The number of ether oxygens (including phenoxy) is 4. The van der Waals surface area contributed by atoms with Crippen molar-refractivity contribution in [3.8, 4) is 28.8 Å². The minimum atomic E-state index is -3.20. The zero-order valence-corrected chi connectivity index (χ0v) is 27.4. The van der Waals surface area contributed by atoms with E-state index in [9.17, 15) is 14.0 Å². The molecule has 1 saturated heterocycles. The van der Waals surface area contributed by atoms with Crippen LogP contribution < -0.4 is 14.8 Å². The van der Waals surface area contributed by atoms with E-state index >= 15 is 0 Å². The highest BCUT2D eigenvalue weighted by Crippen LogP contribution is 2.35. The number of nitrogens with one attached hydrogen (secondary N) is 1. The maximum Gasteiger partial charge on any atom is 0.304 e. The van der Waals surface area contributed by atoms with Gasteiger partial charge >= 0.3 is 5.92 Å². The minimum Gasteiger partial charge on any atom is -0.487 e. The van der Waals surface area contributed by atoms with Crippen molar-refractivity contribution in [2.75, 3.05) is 51.9 Å². The van der Waals surface area contributed by atoms with Gasteiger partial charge in [-0.2, -0.15) is 5.26 Å². The average molecular weight is 680 g/mol. The monoisotopic (exact) mass is 679 g/mol. The van der Waals surface area contributed by atoms with Crippen LogP contribution in [0.4, 0.5) is 20.4 Å². The number of rotatable bonds is 14. The number of hydrogen-bond acceptors (Lipinski definition) is 13. The van der Waals surface area contributed by atoms with Crippen LogP contribution in [0.2, 0.25) is 0 Å². The predicted molar refractivity (Wildman–Crippen MR) is 172 cm³/mol. The molecule has 0 spiro atoms. The number of tetrazole rings is 1. The zero-order chi connectivity index (χ0) is 34.2. The van der Waals surface area contributed by atoms with Gasteiger partial charge in [-0.1, -0.05) is 6.07 Å². The maximum absolute atomic E-state index is 14.3. The van der Waals surface area contributed by atoms with Crippen molar-refractivity contribution in [1.82, 2.24) is 44.9 Å². The molecule has 0 bridgehead atoms. The van der Waals surface area contributed by atoms with Crippen LogP contribution in [0.3, 0.4) is 0 Å². The molecule has 1 atom stereocenters. The first-order valence-corrected chi connectivity index (χ1v) is 16.2. The van der Waals surface area contributed by atoms with E-state index in [4.69, 9.17) is 14.2 Å². The molecule has 4 heterocycles. The summed E-state index contributed by atoms with van der Waals surface area (Å²) in [6.45, 7) is 4.00. The van der Waals surface area contributed by atoms with Gasteiger partial charge in [-0.25, -0.2) is 23.4 Å².